The predicted molar refractivity (Wildman–Crippen MR) is 87.1 cm³/mol. The van der Waals surface area contributed by atoms with Gasteiger partial charge in [0, 0.05) is 32.2 Å². The minimum atomic E-state index is -1.03. The van der Waals surface area contributed by atoms with Crippen LogP contribution in [0.25, 0.3) is 0 Å². The Labute approximate surface area is 137 Å². The minimum absolute atomic E-state index is 0.0410. The summed E-state index contributed by atoms with van der Waals surface area (Å²) in [5.74, 6) is -0.0342. The first kappa shape index (κ1) is 15.3. The Bertz CT molecular complexity index is 733. The van der Waals surface area contributed by atoms with E-state index in [0.717, 1.165) is 5.69 Å². The van der Waals surface area contributed by atoms with Gasteiger partial charge in [-0.2, -0.15) is 0 Å². The van der Waals surface area contributed by atoms with Gasteiger partial charge in [-0.3, -0.25) is 0 Å². The zero-order valence-corrected chi connectivity index (χ0v) is 12.9. The Kier molecular flexibility index (Phi) is 4.16. The SMILES string of the molecule is Nc1nnc(Cl)cc1N1CCN(c2cccc(C(=O)O)n2)CC1. The fourth-order valence-electron chi connectivity index (χ4n) is 2.52. The van der Waals surface area contributed by atoms with Crippen LogP contribution in [0.5, 0.6) is 0 Å². The second-order valence-corrected chi connectivity index (χ2v) is 5.49. The van der Waals surface area contributed by atoms with E-state index in [4.69, 9.17) is 22.4 Å². The summed E-state index contributed by atoms with van der Waals surface area (Å²) in [7, 11) is 0. The Balaban J connectivity index is 1.72. The van der Waals surface area contributed by atoms with Gasteiger partial charge in [-0.15, -0.1) is 10.2 Å². The van der Waals surface area contributed by atoms with Crippen molar-refractivity contribution in [2.75, 3.05) is 41.7 Å². The summed E-state index contributed by atoms with van der Waals surface area (Å²) < 4.78 is 0. The lowest BCUT2D eigenvalue weighted by atomic mass is 10.2. The number of carboxylic acid groups (broad SMARTS) is 1. The Hall–Kier alpha value is -2.61. The molecule has 8 nitrogen and oxygen atoms in total. The predicted octanol–water partition coefficient (Wildman–Crippen LogP) is 1.13. The number of nitrogen functional groups attached to an aromatic ring is 1. The van der Waals surface area contributed by atoms with Crippen LogP contribution < -0.4 is 15.5 Å². The van der Waals surface area contributed by atoms with Gasteiger partial charge in [-0.05, 0) is 12.1 Å². The maximum atomic E-state index is 11.0. The molecule has 3 rings (SSSR count). The number of rotatable bonds is 3. The van der Waals surface area contributed by atoms with Crippen molar-refractivity contribution in [3.63, 3.8) is 0 Å². The highest BCUT2D eigenvalue weighted by Crippen LogP contribution is 2.25. The lowest BCUT2D eigenvalue weighted by molar-refractivity contribution is 0.0690. The molecule has 0 saturated carbocycles. The largest absolute Gasteiger partial charge is 0.477 e. The Morgan fingerprint density at radius 2 is 1.87 bits per heavy atom. The molecule has 0 aromatic carbocycles. The van der Waals surface area contributed by atoms with E-state index in [2.05, 4.69) is 20.1 Å². The molecular weight excluding hydrogens is 320 g/mol. The number of halogens is 1. The van der Waals surface area contributed by atoms with Gasteiger partial charge in [0.1, 0.15) is 5.82 Å². The monoisotopic (exact) mass is 334 g/mol. The van der Waals surface area contributed by atoms with Crippen LogP contribution >= 0.6 is 11.6 Å². The molecule has 0 spiro atoms. The summed E-state index contributed by atoms with van der Waals surface area (Å²) in [6.45, 7) is 2.78. The third-order valence-electron chi connectivity index (χ3n) is 3.67. The quantitative estimate of drug-likeness (QED) is 0.860. The topological polar surface area (TPSA) is 108 Å². The van der Waals surface area contributed by atoms with Crippen LogP contribution in [0, 0.1) is 0 Å². The standard InChI is InChI=1S/C14H15ClN6O2/c15-11-8-10(13(16)19-18-11)20-4-6-21(7-5-20)12-3-1-2-9(17-12)14(22)23/h1-3,8H,4-7H2,(H2,16,19)(H,22,23). The smallest absolute Gasteiger partial charge is 0.354 e. The maximum Gasteiger partial charge on any atom is 0.354 e. The Morgan fingerprint density at radius 3 is 2.57 bits per heavy atom. The van der Waals surface area contributed by atoms with Crippen molar-refractivity contribution in [3.05, 3.63) is 35.1 Å². The average molecular weight is 335 g/mol. The normalized spacial score (nSPS) is 14.8. The van der Waals surface area contributed by atoms with Gasteiger partial charge in [-0.1, -0.05) is 17.7 Å². The lowest BCUT2D eigenvalue weighted by Crippen LogP contribution is -2.47. The maximum absolute atomic E-state index is 11.0. The summed E-state index contributed by atoms with van der Waals surface area (Å²) in [4.78, 5) is 19.3. The number of nitrogens with two attached hydrogens (primary N) is 1. The second-order valence-electron chi connectivity index (χ2n) is 5.10. The molecule has 2 aromatic heterocycles. The first-order valence-electron chi connectivity index (χ1n) is 7.03. The first-order valence-corrected chi connectivity index (χ1v) is 7.41. The van der Waals surface area contributed by atoms with E-state index in [0.29, 0.717) is 43.0 Å². The number of hydrogen-bond acceptors (Lipinski definition) is 7. The van der Waals surface area contributed by atoms with Gasteiger partial charge in [0.05, 0.1) is 5.69 Å². The highest BCUT2D eigenvalue weighted by molar-refractivity contribution is 6.29. The summed E-state index contributed by atoms with van der Waals surface area (Å²) >= 11 is 5.88. The molecule has 1 aliphatic heterocycles. The number of hydrogen-bond donors (Lipinski definition) is 2. The molecule has 0 aliphatic carbocycles. The number of carboxylic acids is 1. The van der Waals surface area contributed by atoms with E-state index < -0.39 is 5.97 Å². The fraction of sp³-hybridized carbons (Fsp3) is 0.286. The third-order valence-corrected chi connectivity index (χ3v) is 3.85. The van der Waals surface area contributed by atoms with Crippen LogP contribution in [0.15, 0.2) is 24.3 Å². The number of carbonyl (C=O) groups is 1. The van der Waals surface area contributed by atoms with E-state index in [-0.39, 0.29) is 5.69 Å². The van der Waals surface area contributed by atoms with Crippen molar-refractivity contribution in [3.8, 4) is 0 Å². The molecule has 0 radical (unpaired) electrons. The van der Waals surface area contributed by atoms with E-state index in [1.807, 2.05) is 4.90 Å². The van der Waals surface area contributed by atoms with Crippen molar-refractivity contribution in [1.82, 2.24) is 15.2 Å². The molecular formula is C14H15ClN6O2. The second kappa shape index (κ2) is 6.25. The van der Waals surface area contributed by atoms with E-state index in [1.54, 1.807) is 18.2 Å². The van der Waals surface area contributed by atoms with Crippen molar-refractivity contribution >= 4 is 34.9 Å². The molecule has 1 fully saturated rings. The van der Waals surface area contributed by atoms with Gasteiger partial charge < -0.3 is 20.6 Å². The molecule has 1 saturated heterocycles. The summed E-state index contributed by atoms with van der Waals surface area (Å²) in [6.07, 6.45) is 0. The van der Waals surface area contributed by atoms with Gasteiger partial charge in [-0.25, -0.2) is 9.78 Å². The van der Waals surface area contributed by atoms with Gasteiger partial charge >= 0.3 is 5.97 Å². The Morgan fingerprint density at radius 1 is 1.17 bits per heavy atom. The number of anilines is 3. The molecule has 9 heteroatoms. The van der Waals surface area contributed by atoms with Gasteiger partial charge in [0.15, 0.2) is 16.7 Å². The highest BCUT2D eigenvalue weighted by atomic mass is 35.5. The van der Waals surface area contributed by atoms with E-state index in [9.17, 15) is 4.79 Å². The van der Waals surface area contributed by atoms with E-state index >= 15 is 0 Å². The van der Waals surface area contributed by atoms with Crippen LogP contribution in [0.2, 0.25) is 5.15 Å². The summed E-state index contributed by atoms with van der Waals surface area (Å²) in [5, 5.41) is 16.9. The summed E-state index contributed by atoms with van der Waals surface area (Å²) in [6, 6.07) is 6.68. The molecule has 1 aliphatic rings. The number of piperazine rings is 1. The van der Waals surface area contributed by atoms with Crippen molar-refractivity contribution in [1.29, 1.82) is 0 Å². The molecule has 0 unspecified atom stereocenters. The number of aromatic nitrogens is 3. The van der Waals surface area contributed by atoms with Gasteiger partial charge in [0.25, 0.3) is 0 Å². The highest BCUT2D eigenvalue weighted by Gasteiger charge is 2.21. The zero-order valence-electron chi connectivity index (χ0n) is 12.2. The first-order chi connectivity index (χ1) is 11.0. The molecule has 0 amide bonds. The van der Waals surface area contributed by atoms with Crippen LogP contribution in [-0.2, 0) is 0 Å². The summed E-state index contributed by atoms with van der Waals surface area (Å²) in [5.41, 5.74) is 6.66. The van der Waals surface area contributed by atoms with Crippen LogP contribution in [0.3, 0.4) is 0 Å². The molecule has 120 valence electrons. The molecule has 3 heterocycles. The zero-order chi connectivity index (χ0) is 16.4. The molecule has 2 aromatic rings. The van der Waals surface area contributed by atoms with Crippen molar-refractivity contribution in [2.24, 2.45) is 0 Å². The molecule has 0 bridgehead atoms. The van der Waals surface area contributed by atoms with Crippen LogP contribution in [0.1, 0.15) is 10.5 Å². The molecule has 0 atom stereocenters. The van der Waals surface area contributed by atoms with Crippen LogP contribution in [0.4, 0.5) is 17.3 Å². The number of pyridine rings is 1. The number of aromatic carboxylic acids is 1. The van der Waals surface area contributed by atoms with Crippen LogP contribution in [-0.4, -0.2) is 52.4 Å². The molecule has 23 heavy (non-hydrogen) atoms. The minimum Gasteiger partial charge on any atom is -0.477 e. The van der Waals surface area contributed by atoms with Gasteiger partial charge in [0.2, 0.25) is 0 Å². The van der Waals surface area contributed by atoms with Crippen molar-refractivity contribution in [2.45, 2.75) is 0 Å². The average Bonchev–Trinajstić information content (AvgIpc) is 2.57. The van der Waals surface area contributed by atoms with E-state index in [1.165, 1.54) is 6.07 Å². The molecule has 3 N–H and O–H groups in total. The fourth-order valence-corrected chi connectivity index (χ4v) is 2.66. The van der Waals surface area contributed by atoms with Crippen molar-refractivity contribution < 1.29 is 9.90 Å². The third kappa shape index (κ3) is 3.26. The lowest BCUT2D eigenvalue weighted by Gasteiger charge is -2.36. The number of nitrogens with zero attached hydrogens (tertiary/aromatic N) is 5.